The van der Waals surface area contributed by atoms with Gasteiger partial charge in [-0.05, 0) is 26.7 Å². The lowest BCUT2D eigenvalue weighted by Gasteiger charge is -2.29. The van der Waals surface area contributed by atoms with E-state index in [2.05, 4.69) is 0 Å². The molecule has 0 bridgehead atoms. The second kappa shape index (κ2) is 4.78. The van der Waals surface area contributed by atoms with Gasteiger partial charge in [0.15, 0.2) is 0 Å². The third-order valence-electron chi connectivity index (χ3n) is 2.45. The average molecular weight is 199 g/mol. The number of carbonyl (C=O) groups is 1. The summed E-state index contributed by atoms with van der Waals surface area (Å²) in [7, 11) is 0. The Bertz CT molecular complexity index is 201. The molecule has 0 spiro atoms. The van der Waals surface area contributed by atoms with Crippen molar-refractivity contribution in [3.05, 3.63) is 0 Å². The number of amides is 1. The molecule has 1 saturated heterocycles. The molecule has 1 heterocycles. The summed E-state index contributed by atoms with van der Waals surface area (Å²) in [5, 5.41) is 0. The maximum Gasteiger partial charge on any atom is 0.222 e. The van der Waals surface area contributed by atoms with Crippen molar-refractivity contribution in [2.45, 2.75) is 45.6 Å². The molecule has 82 valence electrons. The maximum absolute atomic E-state index is 11.7. The van der Waals surface area contributed by atoms with E-state index < -0.39 is 0 Å². The van der Waals surface area contributed by atoms with Gasteiger partial charge < -0.3 is 9.64 Å². The van der Waals surface area contributed by atoms with Gasteiger partial charge in [-0.25, -0.2) is 0 Å². The van der Waals surface area contributed by atoms with Gasteiger partial charge in [-0.3, -0.25) is 4.79 Å². The van der Waals surface area contributed by atoms with Crippen molar-refractivity contribution in [2.75, 3.05) is 19.7 Å². The molecular formula is C11H21NO2. The van der Waals surface area contributed by atoms with Crippen molar-refractivity contribution >= 4 is 5.91 Å². The molecule has 0 aromatic heterocycles. The fraction of sp³-hybridized carbons (Fsp3) is 0.909. The van der Waals surface area contributed by atoms with Crippen LogP contribution in [0.3, 0.4) is 0 Å². The molecular weight excluding hydrogens is 178 g/mol. The zero-order valence-corrected chi connectivity index (χ0v) is 9.51. The Balaban J connectivity index is 2.55. The first kappa shape index (κ1) is 11.5. The highest BCUT2D eigenvalue weighted by molar-refractivity contribution is 5.76. The molecule has 1 aliphatic rings. The smallest absolute Gasteiger partial charge is 0.222 e. The van der Waals surface area contributed by atoms with Gasteiger partial charge in [-0.1, -0.05) is 6.92 Å². The van der Waals surface area contributed by atoms with Gasteiger partial charge in [-0.15, -0.1) is 0 Å². The first-order valence-corrected chi connectivity index (χ1v) is 5.47. The Labute approximate surface area is 86.4 Å². The summed E-state index contributed by atoms with van der Waals surface area (Å²) in [6, 6.07) is 0. The molecule has 0 N–H and O–H groups in total. The third kappa shape index (κ3) is 3.29. The fourth-order valence-corrected chi connectivity index (χ4v) is 1.77. The molecule has 0 saturated carbocycles. The largest absolute Gasteiger partial charge is 0.374 e. The van der Waals surface area contributed by atoms with Crippen LogP contribution in [0.25, 0.3) is 0 Å². The number of rotatable bonds is 2. The second-order valence-electron chi connectivity index (χ2n) is 4.53. The van der Waals surface area contributed by atoms with Crippen molar-refractivity contribution in [1.82, 2.24) is 4.90 Å². The molecule has 14 heavy (non-hydrogen) atoms. The monoisotopic (exact) mass is 199 g/mol. The quantitative estimate of drug-likeness (QED) is 0.679. The topological polar surface area (TPSA) is 29.5 Å². The predicted molar refractivity (Wildman–Crippen MR) is 56.1 cm³/mol. The van der Waals surface area contributed by atoms with Crippen LogP contribution in [0.4, 0.5) is 0 Å². The number of nitrogens with zero attached hydrogens (tertiary/aromatic N) is 1. The predicted octanol–water partition coefficient (Wildman–Crippen LogP) is 1.81. The van der Waals surface area contributed by atoms with Crippen LogP contribution in [-0.4, -0.2) is 36.1 Å². The summed E-state index contributed by atoms with van der Waals surface area (Å²) in [5.41, 5.74) is -0.181. The molecule has 0 unspecified atom stereocenters. The SMILES string of the molecule is CCCC(=O)N1CCCOC(C)(C)C1. The zero-order valence-electron chi connectivity index (χ0n) is 9.51. The van der Waals surface area contributed by atoms with E-state index in [1.807, 2.05) is 25.7 Å². The highest BCUT2D eigenvalue weighted by Crippen LogP contribution is 2.17. The van der Waals surface area contributed by atoms with Gasteiger partial charge in [0.2, 0.25) is 5.91 Å². The molecule has 1 amide bonds. The molecule has 1 fully saturated rings. The normalized spacial score (nSPS) is 21.8. The van der Waals surface area contributed by atoms with Crippen molar-refractivity contribution < 1.29 is 9.53 Å². The summed E-state index contributed by atoms with van der Waals surface area (Å²) in [6.45, 7) is 8.48. The number of ether oxygens (including phenoxy) is 1. The van der Waals surface area contributed by atoms with E-state index in [1.165, 1.54) is 0 Å². The second-order valence-corrected chi connectivity index (χ2v) is 4.53. The fourth-order valence-electron chi connectivity index (χ4n) is 1.77. The first-order chi connectivity index (χ1) is 6.55. The number of hydrogen-bond acceptors (Lipinski definition) is 2. The maximum atomic E-state index is 11.7. The van der Waals surface area contributed by atoms with Crippen LogP contribution >= 0.6 is 0 Å². The van der Waals surface area contributed by atoms with Gasteiger partial charge in [0.1, 0.15) is 0 Å². The Morgan fingerprint density at radius 1 is 1.50 bits per heavy atom. The summed E-state index contributed by atoms with van der Waals surface area (Å²) >= 11 is 0. The van der Waals surface area contributed by atoms with E-state index in [9.17, 15) is 4.79 Å². The highest BCUT2D eigenvalue weighted by atomic mass is 16.5. The van der Waals surface area contributed by atoms with Crippen LogP contribution in [0, 0.1) is 0 Å². The zero-order chi connectivity index (χ0) is 10.6. The van der Waals surface area contributed by atoms with E-state index in [1.54, 1.807) is 0 Å². The van der Waals surface area contributed by atoms with Crippen molar-refractivity contribution in [3.8, 4) is 0 Å². The molecule has 0 aliphatic carbocycles. The lowest BCUT2D eigenvalue weighted by atomic mass is 10.1. The van der Waals surface area contributed by atoms with E-state index in [0.29, 0.717) is 6.42 Å². The molecule has 3 nitrogen and oxygen atoms in total. The molecule has 3 heteroatoms. The van der Waals surface area contributed by atoms with Gasteiger partial charge in [0.05, 0.1) is 5.60 Å². The van der Waals surface area contributed by atoms with Crippen molar-refractivity contribution in [2.24, 2.45) is 0 Å². The Morgan fingerprint density at radius 3 is 2.86 bits per heavy atom. The highest BCUT2D eigenvalue weighted by Gasteiger charge is 2.27. The lowest BCUT2D eigenvalue weighted by Crippen LogP contribution is -2.41. The summed E-state index contributed by atoms with van der Waals surface area (Å²) in [6.07, 6.45) is 2.55. The Kier molecular flexibility index (Phi) is 3.93. The summed E-state index contributed by atoms with van der Waals surface area (Å²) in [5.74, 6) is 0.270. The van der Waals surface area contributed by atoms with Gasteiger partial charge in [-0.2, -0.15) is 0 Å². The van der Waals surface area contributed by atoms with Crippen molar-refractivity contribution in [3.63, 3.8) is 0 Å². The van der Waals surface area contributed by atoms with Crippen LogP contribution in [0.1, 0.15) is 40.0 Å². The first-order valence-electron chi connectivity index (χ1n) is 5.47. The van der Waals surface area contributed by atoms with Crippen LogP contribution < -0.4 is 0 Å². The van der Waals surface area contributed by atoms with Crippen LogP contribution in [0.15, 0.2) is 0 Å². The minimum Gasteiger partial charge on any atom is -0.374 e. The Morgan fingerprint density at radius 2 is 2.21 bits per heavy atom. The van der Waals surface area contributed by atoms with E-state index in [0.717, 1.165) is 32.5 Å². The summed E-state index contributed by atoms with van der Waals surface area (Å²) < 4.78 is 5.65. The molecule has 0 atom stereocenters. The Hall–Kier alpha value is -0.570. The van der Waals surface area contributed by atoms with Crippen molar-refractivity contribution in [1.29, 1.82) is 0 Å². The number of carbonyl (C=O) groups excluding carboxylic acids is 1. The lowest BCUT2D eigenvalue weighted by molar-refractivity contribution is -0.133. The molecule has 1 rings (SSSR count). The minimum atomic E-state index is -0.181. The average Bonchev–Trinajstić information content (AvgIpc) is 2.27. The van der Waals surface area contributed by atoms with Crippen LogP contribution in [0.2, 0.25) is 0 Å². The third-order valence-corrected chi connectivity index (χ3v) is 2.45. The minimum absolute atomic E-state index is 0.181. The standard InChI is InChI=1S/C11H21NO2/c1-4-6-10(13)12-7-5-8-14-11(2,3)9-12/h4-9H2,1-3H3. The molecule has 0 aromatic carbocycles. The molecule has 0 radical (unpaired) electrons. The number of hydrogen-bond donors (Lipinski definition) is 0. The van der Waals surface area contributed by atoms with Gasteiger partial charge in [0, 0.05) is 26.1 Å². The van der Waals surface area contributed by atoms with Gasteiger partial charge >= 0.3 is 0 Å². The molecule has 1 aliphatic heterocycles. The van der Waals surface area contributed by atoms with Crippen LogP contribution in [-0.2, 0) is 9.53 Å². The molecule has 0 aromatic rings. The van der Waals surface area contributed by atoms with E-state index in [-0.39, 0.29) is 11.5 Å². The summed E-state index contributed by atoms with van der Waals surface area (Å²) in [4.78, 5) is 13.6. The van der Waals surface area contributed by atoms with E-state index in [4.69, 9.17) is 4.74 Å². The van der Waals surface area contributed by atoms with Crippen LogP contribution in [0.5, 0.6) is 0 Å². The van der Waals surface area contributed by atoms with Gasteiger partial charge in [0.25, 0.3) is 0 Å². The van der Waals surface area contributed by atoms with E-state index >= 15 is 0 Å².